The van der Waals surface area contributed by atoms with Crippen molar-refractivity contribution in [1.29, 1.82) is 0 Å². The van der Waals surface area contributed by atoms with E-state index in [-0.39, 0.29) is 17.9 Å². The quantitative estimate of drug-likeness (QED) is 0.593. The molecule has 7 nitrogen and oxygen atoms in total. The van der Waals surface area contributed by atoms with Gasteiger partial charge in [0, 0.05) is 11.3 Å². The predicted octanol–water partition coefficient (Wildman–Crippen LogP) is 2.88. The molecule has 1 aromatic heterocycles. The maximum atomic E-state index is 12.4. The number of nitrogens with two attached hydrogens (primary N) is 1. The molecule has 1 heterocycles. The second-order valence-electron chi connectivity index (χ2n) is 5.41. The zero-order valence-corrected chi connectivity index (χ0v) is 13.7. The van der Waals surface area contributed by atoms with Gasteiger partial charge in [0.2, 0.25) is 0 Å². The largest absolute Gasteiger partial charge is 0.573 e. The smallest absolute Gasteiger partial charge is 0.405 e. The number of alkyl halides is 3. The van der Waals surface area contributed by atoms with Crippen molar-refractivity contribution in [2.75, 3.05) is 5.73 Å². The number of nitrogen functional groups attached to an aromatic ring is 1. The molecule has 0 fully saturated rings. The fraction of sp³-hybridized carbons (Fsp3) is 0.118. The zero-order valence-electron chi connectivity index (χ0n) is 13.7. The molecule has 3 rings (SSSR count). The van der Waals surface area contributed by atoms with Crippen molar-refractivity contribution in [2.24, 2.45) is 0 Å². The van der Waals surface area contributed by atoms with Gasteiger partial charge in [-0.25, -0.2) is 4.98 Å². The number of ether oxygens (including phenoxy) is 1. The fourth-order valence-corrected chi connectivity index (χ4v) is 2.33. The highest BCUT2D eigenvalue weighted by atomic mass is 19.4. The molecule has 2 aromatic carbocycles. The number of carbonyl (C=O) groups is 1. The number of amides is 1. The Balaban J connectivity index is 1.70. The van der Waals surface area contributed by atoms with Crippen LogP contribution in [-0.4, -0.2) is 27.5 Å². The van der Waals surface area contributed by atoms with Gasteiger partial charge in [0.25, 0.3) is 5.91 Å². The van der Waals surface area contributed by atoms with E-state index in [9.17, 15) is 18.0 Å². The van der Waals surface area contributed by atoms with E-state index in [4.69, 9.17) is 5.73 Å². The van der Waals surface area contributed by atoms with Gasteiger partial charge in [0.05, 0.1) is 12.1 Å². The van der Waals surface area contributed by atoms with Crippen molar-refractivity contribution in [2.45, 2.75) is 12.9 Å². The van der Waals surface area contributed by atoms with Gasteiger partial charge in [-0.2, -0.15) is 5.10 Å². The molecule has 1 amide bonds. The molecule has 0 saturated heterocycles. The number of hydrogen-bond acceptors (Lipinski definition) is 5. The van der Waals surface area contributed by atoms with Crippen LogP contribution in [0.2, 0.25) is 0 Å². The van der Waals surface area contributed by atoms with E-state index in [2.05, 4.69) is 25.2 Å². The van der Waals surface area contributed by atoms with Gasteiger partial charge in [0.15, 0.2) is 11.6 Å². The predicted molar refractivity (Wildman–Crippen MR) is 90.5 cm³/mol. The highest BCUT2D eigenvalue weighted by molar-refractivity contribution is 5.96. The monoisotopic (exact) mass is 377 g/mol. The summed E-state index contributed by atoms with van der Waals surface area (Å²) >= 11 is 0. The van der Waals surface area contributed by atoms with Gasteiger partial charge >= 0.3 is 6.36 Å². The lowest BCUT2D eigenvalue weighted by atomic mass is 10.2. The Morgan fingerprint density at radius 2 is 1.85 bits per heavy atom. The molecular weight excluding hydrogens is 363 g/mol. The molecule has 0 spiro atoms. The maximum Gasteiger partial charge on any atom is 0.573 e. The van der Waals surface area contributed by atoms with Crippen LogP contribution >= 0.6 is 0 Å². The second kappa shape index (κ2) is 7.36. The van der Waals surface area contributed by atoms with Crippen molar-refractivity contribution >= 4 is 11.6 Å². The lowest BCUT2D eigenvalue weighted by Gasteiger charge is -2.12. The molecule has 10 heteroatoms. The first-order chi connectivity index (χ1) is 12.8. The van der Waals surface area contributed by atoms with E-state index < -0.39 is 18.0 Å². The summed E-state index contributed by atoms with van der Waals surface area (Å²) in [6, 6.07) is 12.1. The van der Waals surface area contributed by atoms with Crippen LogP contribution in [0.15, 0.2) is 48.5 Å². The van der Waals surface area contributed by atoms with Crippen LogP contribution in [0.1, 0.15) is 16.2 Å². The third-order valence-corrected chi connectivity index (χ3v) is 3.51. The van der Waals surface area contributed by atoms with Gasteiger partial charge in [-0.3, -0.25) is 9.89 Å². The molecule has 0 aliphatic rings. The van der Waals surface area contributed by atoms with Crippen molar-refractivity contribution in [3.8, 4) is 17.1 Å². The molecule has 0 unspecified atom stereocenters. The van der Waals surface area contributed by atoms with Crippen LogP contribution in [-0.2, 0) is 6.54 Å². The number of rotatable bonds is 5. The second-order valence-corrected chi connectivity index (χ2v) is 5.41. The Labute approximate surface area is 151 Å². The molecule has 0 aliphatic carbocycles. The number of hydrogen-bond donors (Lipinski definition) is 3. The van der Waals surface area contributed by atoms with Crippen LogP contribution < -0.4 is 15.8 Å². The standard InChI is InChI=1S/C17H14F3N5O2/c18-17(19,20)27-13-8-4-2-6-11(13)16(26)22-9-14-23-15(25-24-14)10-5-1-3-7-12(10)21/h1-8H,9,21H2,(H,22,26)(H,23,24,25). The average Bonchev–Trinajstić information content (AvgIpc) is 3.08. The van der Waals surface area contributed by atoms with Crippen molar-refractivity contribution in [1.82, 2.24) is 20.5 Å². The summed E-state index contributed by atoms with van der Waals surface area (Å²) < 4.78 is 41.2. The van der Waals surface area contributed by atoms with E-state index in [0.29, 0.717) is 17.1 Å². The van der Waals surface area contributed by atoms with Crippen LogP contribution in [0.4, 0.5) is 18.9 Å². The third-order valence-electron chi connectivity index (χ3n) is 3.51. The molecule has 0 atom stereocenters. The molecule has 0 bridgehead atoms. The Kier molecular flexibility index (Phi) is 4.97. The Morgan fingerprint density at radius 1 is 1.15 bits per heavy atom. The summed E-state index contributed by atoms with van der Waals surface area (Å²) in [5, 5.41) is 9.12. The molecule has 0 saturated carbocycles. The SMILES string of the molecule is Nc1ccccc1-c1nc(CNC(=O)c2ccccc2OC(F)(F)F)n[nH]1. The van der Waals surface area contributed by atoms with Gasteiger partial charge < -0.3 is 15.8 Å². The van der Waals surface area contributed by atoms with E-state index in [1.165, 1.54) is 18.2 Å². The minimum atomic E-state index is -4.90. The lowest BCUT2D eigenvalue weighted by molar-refractivity contribution is -0.274. The summed E-state index contributed by atoms with van der Waals surface area (Å²) in [7, 11) is 0. The number of para-hydroxylation sites is 2. The number of aromatic nitrogens is 3. The fourth-order valence-electron chi connectivity index (χ4n) is 2.33. The number of nitrogens with zero attached hydrogens (tertiary/aromatic N) is 2. The molecular formula is C17H14F3N5O2. The maximum absolute atomic E-state index is 12.4. The molecule has 0 radical (unpaired) electrons. The summed E-state index contributed by atoms with van der Waals surface area (Å²) in [6.07, 6.45) is -4.90. The van der Waals surface area contributed by atoms with Crippen molar-refractivity contribution < 1.29 is 22.7 Å². The van der Waals surface area contributed by atoms with Gasteiger partial charge in [-0.1, -0.05) is 24.3 Å². The van der Waals surface area contributed by atoms with Gasteiger partial charge in [-0.05, 0) is 24.3 Å². The average molecular weight is 377 g/mol. The minimum Gasteiger partial charge on any atom is -0.405 e. The van der Waals surface area contributed by atoms with E-state index in [1.807, 2.05) is 0 Å². The number of H-pyrrole nitrogens is 1. The van der Waals surface area contributed by atoms with Crippen molar-refractivity contribution in [3.63, 3.8) is 0 Å². The zero-order chi connectivity index (χ0) is 19.4. The van der Waals surface area contributed by atoms with Gasteiger partial charge in [0.1, 0.15) is 5.75 Å². The highest BCUT2D eigenvalue weighted by Crippen LogP contribution is 2.26. The van der Waals surface area contributed by atoms with Crippen LogP contribution in [0.25, 0.3) is 11.4 Å². The molecule has 3 aromatic rings. The Morgan fingerprint density at radius 3 is 2.59 bits per heavy atom. The Bertz CT molecular complexity index is 955. The van der Waals surface area contributed by atoms with Crippen LogP contribution in [0.5, 0.6) is 5.75 Å². The number of aromatic amines is 1. The van der Waals surface area contributed by atoms with Crippen molar-refractivity contribution in [3.05, 3.63) is 59.9 Å². The number of nitrogens with one attached hydrogen (secondary N) is 2. The van der Waals surface area contributed by atoms with E-state index in [1.54, 1.807) is 24.3 Å². The molecule has 4 N–H and O–H groups in total. The molecule has 27 heavy (non-hydrogen) atoms. The minimum absolute atomic E-state index is 0.0948. The van der Waals surface area contributed by atoms with E-state index >= 15 is 0 Å². The first kappa shape index (κ1) is 18.2. The van der Waals surface area contributed by atoms with Crippen LogP contribution in [0.3, 0.4) is 0 Å². The number of halogens is 3. The molecule has 0 aliphatic heterocycles. The molecule has 140 valence electrons. The third kappa shape index (κ3) is 4.54. The number of carbonyl (C=O) groups excluding carboxylic acids is 1. The van der Waals surface area contributed by atoms with Crippen LogP contribution in [0, 0.1) is 0 Å². The normalized spacial score (nSPS) is 11.2. The van der Waals surface area contributed by atoms with E-state index in [0.717, 1.165) is 6.07 Å². The first-order valence-corrected chi connectivity index (χ1v) is 7.72. The summed E-state index contributed by atoms with van der Waals surface area (Å²) in [5.41, 5.74) is 6.76. The Hall–Kier alpha value is -3.56. The number of benzene rings is 2. The number of anilines is 1. The topological polar surface area (TPSA) is 106 Å². The van der Waals surface area contributed by atoms with Gasteiger partial charge in [-0.15, -0.1) is 13.2 Å². The summed E-state index contributed by atoms with van der Waals surface area (Å²) in [6.45, 7) is -0.0948. The lowest BCUT2D eigenvalue weighted by Crippen LogP contribution is -2.26. The summed E-state index contributed by atoms with van der Waals surface area (Å²) in [4.78, 5) is 16.4. The summed E-state index contributed by atoms with van der Waals surface area (Å²) in [5.74, 6) is -0.676. The highest BCUT2D eigenvalue weighted by Gasteiger charge is 2.32. The first-order valence-electron chi connectivity index (χ1n) is 7.72.